The molecule has 104 valence electrons. The molecule has 0 fully saturated rings. The first-order valence-electron chi connectivity index (χ1n) is 5.57. The predicted molar refractivity (Wildman–Crippen MR) is 63.7 cm³/mol. The number of aromatic nitrogens is 2. The highest BCUT2D eigenvalue weighted by molar-refractivity contribution is 5.95. The van der Waals surface area contributed by atoms with Crippen molar-refractivity contribution in [2.75, 3.05) is 0 Å². The Morgan fingerprint density at radius 1 is 1.42 bits per heavy atom. The van der Waals surface area contributed by atoms with E-state index in [-0.39, 0.29) is 18.5 Å². The molecule has 0 spiro atoms. The van der Waals surface area contributed by atoms with E-state index in [2.05, 4.69) is 10.4 Å². The number of amides is 1. The van der Waals surface area contributed by atoms with Crippen molar-refractivity contribution in [2.45, 2.75) is 25.8 Å². The third-order valence-corrected chi connectivity index (χ3v) is 2.48. The minimum absolute atomic E-state index is 0.173. The molecule has 0 aromatic carbocycles. The van der Waals surface area contributed by atoms with Gasteiger partial charge in [-0.3, -0.25) is 14.3 Å². The highest BCUT2D eigenvalue weighted by Crippen LogP contribution is 2.04. The normalized spacial score (nSPS) is 11.9. The van der Waals surface area contributed by atoms with Crippen LogP contribution in [0.2, 0.25) is 0 Å². The molecule has 0 saturated carbocycles. The Bertz CT molecular complexity index is 508. The maximum Gasteiger partial charge on any atom is 0.326 e. The average Bonchev–Trinajstić information content (AvgIpc) is 2.62. The highest BCUT2D eigenvalue weighted by Gasteiger charge is 2.23. The summed E-state index contributed by atoms with van der Waals surface area (Å²) in [4.78, 5) is 33.2. The number of nitrogens with one attached hydrogen (secondary N) is 1. The predicted octanol–water partition coefficient (Wildman–Crippen LogP) is -0.224. The van der Waals surface area contributed by atoms with Gasteiger partial charge in [0.2, 0.25) is 0 Å². The van der Waals surface area contributed by atoms with E-state index in [1.807, 2.05) is 0 Å². The van der Waals surface area contributed by atoms with Crippen LogP contribution in [-0.2, 0) is 16.6 Å². The monoisotopic (exact) mass is 269 g/mol. The lowest BCUT2D eigenvalue weighted by Crippen LogP contribution is -2.41. The van der Waals surface area contributed by atoms with Gasteiger partial charge in [0, 0.05) is 13.5 Å². The van der Waals surface area contributed by atoms with Gasteiger partial charge in [-0.2, -0.15) is 5.10 Å². The summed E-state index contributed by atoms with van der Waals surface area (Å²) in [5.74, 6) is -2.98. The second-order valence-corrected chi connectivity index (χ2v) is 4.09. The highest BCUT2D eigenvalue weighted by atomic mass is 16.4. The van der Waals surface area contributed by atoms with E-state index in [9.17, 15) is 14.4 Å². The minimum atomic E-state index is -1.27. The van der Waals surface area contributed by atoms with Gasteiger partial charge in [-0.15, -0.1) is 0 Å². The molecule has 0 unspecified atom stereocenters. The first-order chi connectivity index (χ1) is 8.81. The second-order valence-electron chi connectivity index (χ2n) is 4.09. The summed E-state index contributed by atoms with van der Waals surface area (Å²) in [6.07, 6.45) is -0.505. The van der Waals surface area contributed by atoms with Gasteiger partial charge < -0.3 is 15.5 Å². The van der Waals surface area contributed by atoms with Crippen LogP contribution in [0.1, 0.15) is 29.0 Å². The second kappa shape index (κ2) is 5.98. The van der Waals surface area contributed by atoms with Gasteiger partial charge in [0.15, 0.2) is 0 Å². The Morgan fingerprint density at radius 2 is 2.05 bits per heavy atom. The lowest BCUT2D eigenvalue weighted by atomic mass is 10.1. The number of carbonyl (C=O) groups is 3. The quantitative estimate of drug-likeness (QED) is 0.656. The molecule has 0 bridgehead atoms. The van der Waals surface area contributed by atoms with Gasteiger partial charge in [0.1, 0.15) is 11.7 Å². The van der Waals surface area contributed by atoms with Crippen LogP contribution in [0.5, 0.6) is 0 Å². The molecule has 0 aliphatic heterocycles. The fourth-order valence-electron chi connectivity index (χ4n) is 1.58. The summed E-state index contributed by atoms with van der Waals surface area (Å²) in [5.41, 5.74) is 0.851. The first kappa shape index (κ1) is 14.7. The maximum absolute atomic E-state index is 11.9. The Morgan fingerprint density at radius 3 is 2.47 bits per heavy atom. The number of aliphatic carboxylic acids is 2. The largest absolute Gasteiger partial charge is 0.481 e. The van der Waals surface area contributed by atoms with Crippen LogP contribution in [0, 0.1) is 6.92 Å². The molecule has 0 aliphatic rings. The molecule has 1 aromatic heterocycles. The van der Waals surface area contributed by atoms with Crippen LogP contribution in [0.4, 0.5) is 0 Å². The van der Waals surface area contributed by atoms with Gasteiger partial charge in [0.05, 0.1) is 5.69 Å². The van der Waals surface area contributed by atoms with Gasteiger partial charge in [-0.1, -0.05) is 0 Å². The molecule has 1 heterocycles. The van der Waals surface area contributed by atoms with Crippen molar-refractivity contribution in [2.24, 2.45) is 7.05 Å². The molecule has 8 nitrogen and oxygen atoms in total. The van der Waals surface area contributed by atoms with Crippen molar-refractivity contribution in [1.82, 2.24) is 15.1 Å². The minimum Gasteiger partial charge on any atom is -0.481 e. The van der Waals surface area contributed by atoms with E-state index in [1.54, 1.807) is 14.0 Å². The zero-order valence-electron chi connectivity index (χ0n) is 10.6. The molecular formula is C11H15N3O5. The zero-order chi connectivity index (χ0) is 14.6. The van der Waals surface area contributed by atoms with E-state index in [4.69, 9.17) is 10.2 Å². The van der Waals surface area contributed by atoms with Crippen molar-refractivity contribution in [1.29, 1.82) is 0 Å². The fraction of sp³-hybridized carbons (Fsp3) is 0.455. The van der Waals surface area contributed by atoms with Crippen LogP contribution in [-0.4, -0.2) is 43.9 Å². The van der Waals surface area contributed by atoms with Crippen LogP contribution in [0.25, 0.3) is 0 Å². The number of carboxylic acids is 2. The molecule has 1 aromatic rings. The molecule has 0 radical (unpaired) electrons. The molecule has 0 aliphatic carbocycles. The number of aryl methyl sites for hydroxylation is 2. The average molecular weight is 269 g/mol. The number of rotatable bonds is 6. The number of nitrogens with zero attached hydrogens (tertiary/aromatic N) is 2. The van der Waals surface area contributed by atoms with E-state index in [0.717, 1.165) is 0 Å². The van der Waals surface area contributed by atoms with Crippen molar-refractivity contribution in [3.8, 4) is 0 Å². The fourth-order valence-corrected chi connectivity index (χ4v) is 1.58. The Labute approximate surface area is 109 Å². The standard InChI is InChI=1S/C11H15N3O5/c1-6-5-8(14(2)13-6)10(17)12-7(11(18)19)3-4-9(15)16/h5,7H,3-4H2,1-2H3,(H,12,17)(H,15,16)(H,18,19)/t7-/m0/s1. The maximum atomic E-state index is 11.9. The molecule has 1 amide bonds. The van der Waals surface area contributed by atoms with Crippen LogP contribution >= 0.6 is 0 Å². The lowest BCUT2D eigenvalue weighted by Gasteiger charge is -2.13. The number of hydrogen-bond acceptors (Lipinski definition) is 4. The summed E-state index contributed by atoms with van der Waals surface area (Å²) in [7, 11) is 1.56. The van der Waals surface area contributed by atoms with E-state index >= 15 is 0 Å². The van der Waals surface area contributed by atoms with Gasteiger partial charge in [-0.05, 0) is 19.4 Å². The van der Waals surface area contributed by atoms with E-state index in [0.29, 0.717) is 5.69 Å². The van der Waals surface area contributed by atoms with Crippen LogP contribution in [0.15, 0.2) is 6.07 Å². The Kier molecular flexibility index (Phi) is 4.62. The third kappa shape index (κ3) is 4.09. The van der Waals surface area contributed by atoms with Crippen molar-refractivity contribution in [3.63, 3.8) is 0 Å². The molecule has 0 saturated heterocycles. The van der Waals surface area contributed by atoms with Crippen molar-refractivity contribution in [3.05, 3.63) is 17.5 Å². The van der Waals surface area contributed by atoms with Gasteiger partial charge in [0.25, 0.3) is 5.91 Å². The summed E-state index contributed by atoms with van der Waals surface area (Å²) in [6, 6.07) is 0.282. The lowest BCUT2D eigenvalue weighted by molar-refractivity contribution is -0.140. The zero-order valence-corrected chi connectivity index (χ0v) is 10.6. The van der Waals surface area contributed by atoms with Crippen molar-refractivity contribution < 1.29 is 24.6 Å². The molecular weight excluding hydrogens is 254 g/mol. The molecule has 8 heteroatoms. The number of carbonyl (C=O) groups excluding carboxylic acids is 1. The summed E-state index contributed by atoms with van der Waals surface area (Å²) < 4.78 is 1.33. The van der Waals surface area contributed by atoms with Gasteiger partial charge in [-0.25, -0.2) is 4.79 Å². The first-order valence-corrected chi connectivity index (χ1v) is 5.57. The Balaban J connectivity index is 2.74. The molecule has 1 rings (SSSR count). The topological polar surface area (TPSA) is 122 Å². The van der Waals surface area contributed by atoms with Crippen LogP contribution in [0.3, 0.4) is 0 Å². The summed E-state index contributed by atoms with van der Waals surface area (Å²) in [6.45, 7) is 1.70. The van der Waals surface area contributed by atoms with Crippen molar-refractivity contribution >= 4 is 17.8 Å². The smallest absolute Gasteiger partial charge is 0.326 e. The number of carboxylic acid groups (broad SMARTS) is 2. The van der Waals surface area contributed by atoms with Crippen LogP contribution < -0.4 is 5.32 Å². The van der Waals surface area contributed by atoms with E-state index in [1.165, 1.54) is 10.7 Å². The SMILES string of the molecule is Cc1cc(C(=O)N[C@@H](CCC(=O)O)C(=O)O)n(C)n1. The summed E-state index contributed by atoms with van der Waals surface area (Å²) >= 11 is 0. The van der Waals surface area contributed by atoms with E-state index < -0.39 is 23.9 Å². The third-order valence-electron chi connectivity index (χ3n) is 2.48. The number of hydrogen-bond donors (Lipinski definition) is 3. The molecule has 3 N–H and O–H groups in total. The molecule has 1 atom stereocenters. The summed E-state index contributed by atoms with van der Waals surface area (Å²) in [5, 5.41) is 23.7. The Hall–Kier alpha value is -2.38. The molecule has 19 heavy (non-hydrogen) atoms. The van der Waals surface area contributed by atoms with Gasteiger partial charge >= 0.3 is 11.9 Å².